The summed E-state index contributed by atoms with van der Waals surface area (Å²) in [6, 6.07) is 8.30. The van der Waals surface area contributed by atoms with Crippen LogP contribution in [0.5, 0.6) is 17.2 Å². The van der Waals surface area contributed by atoms with Gasteiger partial charge in [0, 0.05) is 5.56 Å². The monoisotopic (exact) mass is 332 g/mol. The minimum Gasteiger partial charge on any atom is -0.493 e. The molecule has 1 aliphatic rings. The zero-order chi connectivity index (χ0) is 17.3. The summed E-state index contributed by atoms with van der Waals surface area (Å²) in [6.45, 7) is 2.02. The Morgan fingerprint density at radius 2 is 1.67 bits per heavy atom. The molecular formula is C19H21FO4. The summed E-state index contributed by atoms with van der Waals surface area (Å²) in [6.07, 6.45) is 0.415. The van der Waals surface area contributed by atoms with Crippen molar-refractivity contribution >= 4 is 0 Å². The van der Waals surface area contributed by atoms with Crippen LogP contribution in [0.3, 0.4) is 0 Å². The predicted molar refractivity (Wildman–Crippen MR) is 88.6 cm³/mol. The van der Waals surface area contributed by atoms with Crippen LogP contribution in [0.15, 0.2) is 30.3 Å². The molecule has 1 heterocycles. The Kier molecular flexibility index (Phi) is 4.62. The van der Waals surface area contributed by atoms with Gasteiger partial charge >= 0.3 is 0 Å². The van der Waals surface area contributed by atoms with Gasteiger partial charge in [0.2, 0.25) is 5.75 Å². The Bertz CT molecular complexity index is 727. The van der Waals surface area contributed by atoms with Crippen molar-refractivity contribution in [1.82, 2.24) is 0 Å². The number of benzene rings is 2. The zero-order valence-corrected chi connectivity index (χ0v) is 14.3. The highest BCUT2D eigenvalue weighted by Gasteiger charge is 2.33. The second kappa shape index (κ2) is 6.69. The van der Waals surface area contributed by atoms with Crippen LogP contribution in [-0.2, 0) is 11.2 Å². The molecular weight excluding hydrogens is 311 g/mol. The van der Waals surface area contributed by atoms with Crippen LogP contribution < -0.4 is 14.2 Å². The van der Waals surface area contributed by atoms with E-state index in [9.17, 15) is 4.39 Å². The third kappa shape index (κ3) is 2.80. The molecule has 0 unspecified atom stereocenters. The number of halogens is 1. The minimum atomic E-state index is -0.348. The van der Waals surface area contributed by atoms with Gasteiger partial charge in [0.15, 0.2) is 11.5 Å². The molecule has 3 rings (SSSR count). The summed E-state index contributed by atoms with van der Waals surface area (Å²) in [5, 5.41) is 0. The predicted octanol–water partition coefficient (Wildman–Crippen LogP) is 3.90. The van der Waals surface area contributed by atoms with E-state index in [1.54, 1.807) is 33.5 Å². The van der Waals surface area contributed by atoms with Crippen molar-refractivity contribution in [2.45, 2.75) is 25.6 Å². The van der Waals surface area contributed by atoms with E-state index in [4.69, 9.17) is 18.9 Å². The average Bonchev–Trinajstić information content (AvgIpc) is 2.59. The first-order chi connectivity index (χ1) is 11.6. The Morgan fingerprint density at radius 3 is 2.25 bits per heavy atom. The van der Waals surface area contributed by atoms with E-state index in [0.29, 0.717) is 17.2 Å². The number of ether oxygens (including phenoxy) is 4. The van der Waals surface area contributed by atoms with Gasteiger partial charge in [-0.05, 0) is 42.7 Å². The Labute approximate surface area is 141 Å². The summed E-state index contributed by atoms with van der Waals surface area (Å²) in [5.41, 5.74) is 2.85. The van der Waals surface area contributed by atoms with Crippen molar-refractivity contribution in [2.24, 2.45) is 0 Å². The number of hydrogen-bond acceptors (Lipinski definition) is 4. The Morgan fingerprint density at radius 1 is 1.00 bits per heavy atom. The topological polar surface area (TPSA) is 36.9 Å². The quantitative estimate of drug-likeness (QED) is 0.851. The molecule has 5 heteroatoms. The van der Waals surface area contributed by atoms with Crippen LogP contribution >= 0.6 is 0 Å². The molecule has 1 aliphatic heterocycles. The maximum atomic E-state index is 13.3. The second-order valence-corrected chi connectivity index (χ2v) is 5.80. The summed E-state index contributed by atoms with van der Waals surface area (Å²) in [4.78, 5) is 0. The van der Waals surface area contributed by atoms with E-state index in [-0.39, 0.29) is 18.0 Å². The van der Waals surface area contributed by atoms with Crippen LogP contribution in [0.25, 0.3) is 0 Å². The fourth-order valence-electron chi connectivity index (χ4n) is 3.23. The van der Waals surface area contributed by atoms with Crippen LogP contribution in [0, 0.1) is 5.82 Å². The Balaban J connectivity index is 2.21. The lowest BCUT2D eigenvalue weighted by Gasteiger charge is -2.33. The highest BCUT2D eigenvalue weighted by Crippen LogP contribution is 2.49. The molecule has 24 heavy (non-hydrogen) atoms. The van der Waals surface area contributed by atoms with Crippen molar-refractivity contribution in [3.05, 3.63) is 52.8 Å². The van der Waals surface area contributed by atoms with Gasteiger partial charge in [-0.2, -0.15) is 0 Å². The SMILES string of the molecule is COc1cc2c(c(OC)c1OC)[C@H](c1ccc(F)cc1)O[C@@H](C)C2. The average molecular weight is 332 g/mol. The van der Waals surface area contributed by atoms with Crippen molar-refractivity contribution in [3.8, 4) is 17.2 Å². The number of methoxy groups -OCH3 is 3. The van der Waals surface area contributed by atoms with Gasteiger partial charge < -0.3 is 18.9 Å². The highest BCUT2D eigenvalue weighted by molar-refractivity contribution is 5.62. The van der Waals surface area contributed by atoms with Crippen molar-refractivity contribution < 1.29 is 23.3 Å². The molecule has 128 valence electrons. The van der Waals surface area contributed by atoms with E-state index in [2.05, 4.69) is 0 Å². The highest BCUT2D eigenvalue weighted by atomic mass is 19.1. The van der Waals surface area contributed by atoms with Gasteiger partial charge in [-0.3, -0.25) is 0 Å². The molecule has 2 atom stereocenters. The number of rotatable bonds is 4. The van der Waals surface area contributed by atoms with E-state index in [1.165, 1.54) is 12.1 Å². The zero-order valence-electron chi connectivity index (χ0n) is 14.3. The fraction of sp³-hybridized carbons (Fsp3) is 0.368. The second-order valence-electron chi connectivity index (χ2n) is 5.80. The van der Waals surface area contributed by atoms with Gasteiger partial charge in [-0.25, -0.2) is 4.39 Å². The van der Waals surface area contributed by atoms with Crippen molar-refractivity contribution in [2.75, 3.05) is 21.3 Å². The summed E-state index contributed by atoms with van der Waals surface area (Å²) in [7, 11) is 4.77. The number of hydrogen-bond donors (Lipinski definition) is 0. The van der Waals surface area contributed by atoms with Gasteiger partial charge in [0.25, 0.3) is 0 Å². The molecule has 2 aromatic rings. The van der Waals surface area contributed by atoms with E-state index >= 15 is 0 Å². The lowest BCUT2D eigenvalue weighted by Crippen LogP contribution is -2.25. The number of fused-ring (bicyclic) bond motifs is 1. The first-order valence-corrected chi connectivity index (χ1v) is 7.81. The summed E-state index contributed by atoms with van der Waals surface area (Å²) >= 11 is 0. The van der Waals surface area contributed by atoms with Crippen LogP contribution in [0.2, 0.25) is 0 Å². The van der Waals surface area contributed by atoms with Crippen LogP contribution in [-0.4, -0.2) is 27.4 Å². The van der Waals surface area contributed by atoms with Gasteiger partial charge in [0.1, 0.15) is 11.9 Å². The fourth-order valence-corrected chi connectivity index (χ4v) is 3.23. The molecule has 0 fully saturated rings. The molecule has 2 aromatic carbocycles. The van der Waals surface area contributed by atoms with E-state index < -0.39 is 0 Å². The molecule has 0 bridgehead atoms. The molecule has 0 amide bonds. The molecule has 0 radical (unpaired) electrons. The minimum absolute atomic E-state index is 0.0235. The molecule has 0 aliphatic carbocycles. The largest absolute Gasteiger partial charge is 0.493 e. The lowest BCUT2D eigenvalue weighted by molar-refractivity contribution is 0.00555. The van der Waals surface area contributed by atoms with Crippen molar-refractivity contribution in [1.29, 1.82) is 0 Å². The van der Waals surface area contributed by atoms with Crippen LogP contribution in [0.4, 0.5) is 4.39 Å². The first kappa shape index (κ1) is 16.6. The summed E-state index contributed by atoms with van der Waals surface area (Å²) in [5.74, 6) is 1.47. The van der Waals surface area contributed by atoms with Crippen LogP contribution in [0.1, 0.15) is 29.7 Å². The smallest absolute Gasteiger partial charge is 0.203 e. The Hall–Kier alpha value is -2.27. The van der Waals surface area contributed by atoms with Gasteiger partial charge in [-0.1, -0.05) is 12.1 Å². The standard InChI is InChI=1S/C19H21FO4/c1-11-9-13-10-15(21-2)18(22-3)19(23-4)16(13)17(24-11)12-5-7-14(20)8-6-12/h5-8,10-11,17H,9H2,1-4H3/t11-,17-/m0/s1. The maximum Gasteiger partial charge on any atom is 0.203 e. The third-order valence-corrected chi connectivity index (χ3v) is 4.26. The van der Waals surface area contributed by atoms with Gasteiger partial charge in [-0.15, -0.1) is 0 Å². The first-order valence-electron chi connectivity index (χ1n) is 7.81. The maximum absolute atomic E-state index is 13.3. The third-order valence-electron chi connectivity index (χ3n) is 4.26. The molecule has 4 nitrogen and oxygen atoms in total. The van der Waals surface area contributed by atoms with E-state index in [1.807, 2.05) is 13.0 Å². The molecule has 0 saturated heterocycles. The molecule has 0 saturated carbocycles. The molecule has 0 N–H and O–H groups in total. The van der Waals surface area contributed by atoms with Gasteiger partial charge in [0.05, 0.1) is 27.4 Å². The molecule has 0 spiro atoms. The van der Waals surface area contributed by atoms with Crippen molar-refractivity contribution in [3.63, 3.8) is 0 Å². The lowest BCUT2D eigenvalue weighted by atomic mass is 9.89. The van der Waals surface area contributed by atoms with E-state index in [0.717, 1.165) is 23.1 Å². The normalized spacial score (nSPS) is 19.5. The summed E-state index contributed by atoms with van der Waals surface area (Å²) < 4.78 is 36.0. The molecule has 0 aromatic heterocycles.